The first-order valence-corrected chi connectivity index (χ1v) is 8.47. The summed E-state index contributed by atoms with van der Waals surface area (Å²) in [4.78, 5) is 12.4. The number of Topliss-reactive ketones (excluding diaryl/α,β-unsaturated/α-hetero) is 1. The Morgan fingerprint density at radius 3 is 1.50 bits per heavy atom. The minimum atomic E-state index is -7.56. The molecule has 0 unspecified atom stereocenters. The van der Waals surface area contributed by atoms with Gasteiger partial charge in [-0.05, 0) is 12.8 Å². The molecule has 0 saturated heterocycles. The summed E-state index contributed by atoms with van der Waals surface area (Å²) >= 11 is 0. The summed E-state index contributed by atoms with van der Waals surface area (Å²) < 4.78 is 207. The lowest BCUT2D eigenvalue weighted by atomic mass is 9.70. The summed E-state index contributed by atoms with van der Waals surface area (Å²) in [6, 6.07) is 0. The Balaban J connectivity index is 2.44. The molecular weight excluding hydrogens is 521 g/mol. The van der Waals surface area contributed by atoms with Crippen LogP contribution in [0.3, 0.4) is 0 Å². The number of ketones is 1. The number of alkyl halides is 11. The minimum absolute atomic E-state index is 1.40. The molecule has 0 atom stereocenters. The van der Waals surface area contributed by atoms with Gasteiger partial charge in [0.05, 0.1) is 5.56 Å². The smallest absolute Gasteiger partial charge is 0.414 e. The van der Waals surface area contributed by atoms with Crippen LogP contribution in [0.15, 0.2) is 5.57 Å². The molecule has 0 heterocycles. The van der Waals surface area contributed by atoms with Gasteiger partial charge in [0.15, 0.2) is 29.1 Å². The van der Waals surface area contributed by atoms with Crippen molar-refractivity contribution in [2.75, 3.05) is 0 Å². The van der Waals surface area contributed by atoms with Gasteiger partial charge >= 0.3 is 29.9 Å². The zero-order valence-electron chi connectivity index (χ0n) is 15.4. The van der Waals surface area contributed by atoms with Crippen LogP contribution in [-0.2, 0) is 11.2 Å². The van der Waals surface area contributed by atoms with Gasteiger partial charge in [-0.3, -0.25) is 4.79 Å². The molecule has 2 aliphatic rings. The van der Waals surface area contributed by atoms with Gasteiger partial charge in [-0.1, -0.05) is 0 Å². The SMILES string of the molecule is O=C(C1=C(O)c2c(F)c(F)c(F)c(F)c2CC1)C1(C(F)(F)F)C(F)(F)C(F)(F)C(F)(F)C1(F)F. The monoisotopic (exact) mass is 526 g/mol. The van der Waals surface area contributed by atoms with Gasteiger partial charge in [0.2, 0.25) is 0 Å². The maximum absolute atomic E-state index is 14.2. The highest BCUT2D eigenvalue weighted by Gasteiger charge is 3.06. The Labute approximate surface area is 176 Å². The van der Waals surface area contributed by atoms with E-state index in [1.807, 2.05) is 0 Å². The molecule has 0 aromatic heterocycles. The molecule has 1 aromatic carbocycles. The number of fused-ring (bicyclic) bond motifs is 1. The second-order valence-corrected chi connectivity index (χ2v) is 7.31. The van der Waals surface area contributed by atoms with Crippen LogP contribution in [0.25, 0.3) is 5.76 Å². The molecule has 1 fully saturated rings. The van der Waals surface area contributed by atoms with Crippen molar-refractivity contribution in [2.24, 2.45) is 5.41 Å². The highest BCUT2D eigenvalue weighted by atomic mass is 19.4. The van der Waals surface area contributed by atoms with E-state index in [2.05, 4.69) is 0 Å². The number of benzene rings is 1. The Morgan fingerprint density at radius 2 is 1.09 bits per heavy atom. The van der Waals surface area contributed by atoms with Crippen LogP contribution in [-0.4, -0.2) is 40.8 Å². The number of carbonyl (C=O) groups is 1. The predicted octanol–water partition coefficient (Wildman–Crippen LogP) is 6.13. The van der Waals surface area contributed by atoms with Gasteiger partial charge in [0.25, 0.3) is 5.41 Å². The summed E-state index contributed by atoms with van der Waals surface area (Å²) in [5, 5.41) is 9.88. The van der Waals surface area contributed by atoms with Crippen molar-refractivity contribution in [1.82, 2.24) is 0 Å². The molecule has 34 heavy (non-hydrogen) atoms. The van der Waals surface area contributed by atoms with Gasteiger partial charge in [0.1, 0.15) is 5.76 Å². The topological polar surface area (TPSA) is 37.3 Å². The molecule has 2 aliphatic carbocycles. The van der Waals surface area contributed by atoms with E-state index in [9.17, 15) is 75.8 Å². The summed E-state index contributed by atoms with van der Waals surface area (Å²) in [7, 11) is 0. The van der Waals surface area contributed by atoms with Crippen LogP contribution >= 0.6 is 0 Å². The molecule has 3 rings (SSSR count). The van der Waals surface area contributed by atoms with Crippen LogP contribution in [0, 0.1) is 28.7 Å². The molecule has 0 spiro atoms. The van der Waals surface area contributed by atoms with Crippen molar-refractivity contribution in [3.8, 4) is 0 Å². The third-order valence-electron chi connectivity index (χ3n) is 5.68. The zero-order valence-corrected chi connectivity index (χ0v) is 15.4. The fraction of sp³-hybridized carbons (Fsp3) is 0.471. The van der Waals surface area contributed by atoms with Crippen molar-refractivity contribution in [1.29, 1.82) is 0 Å². The number of carbonyl (C=O) groups excluding carboxylic acids is 1. The molecule has 1 N–H and O–H groups in total. The standard InChI is InChI=1S/C17H5F15O2/c18-6-3-1-2-4(10(33)5(3)7(19)9(21)8(6)20)11(34)12(17(30,31)32)13(22,23)15(26,27)16(28,29)14(12,24)25/h33H,1-2H2. The molecule has 1 saturated carbocycles. The molecule has 0 aliphatic heterocycles. The van der Waals surface area contributed by atoms with Crippen LogP contribution < -0.4 is 0 Å². The Bertz CT molecular complexity index is 1100. The highest BCUT2D eigenvalue weighted by molar-refractivity contribution is 6.08. The average molecular weight is 526 g/mol. The van der Waals surface area contributed by atoms with Gasteiger partial charge < -0.3 is 5.11 Å². The van der Waals surface area contributed by atoms with Crippen molar-refractivity contribution in [3.63, 3.8) is 0 Å². The lowest BCUT2D eigenvalue weighted by Gasteiger charge is -2.39. The molecule has 0 bridgehead atoms. The molecule has 0 amide bonds. The molecule has 17 heteroatoms. The number of aliphatic hydroxyl groups is 1. The first-order valence-electron chi connectivity index (χ1n) is 8.47. The molecular formula is C17H5F15O2. The summed E-state index contributed by atoms with van der Waals surface area (Å²) in [5.74, 6) is -46.7. The average Bonchev–Trinajstić information content (AvgIpc) is 2.74. The Kier molecular flexibility index (Phi) is 5.15. The van der Waals surface area contributed by atoms with E-state index < -0.39 is 99.6 Å². The first kappa shape index (κ1) is 26.0. The van der Waals surface area contributed by atoms with E-state index in [4.69, 9.17) is 0 Å². The normalized spacial score (nSPS) is 24.2. The van der Waals surface area contributed by atoms with Crippen molar-refractivity contribution in [3.05, 3.63) is 40.0 Å². The maximum atomic E-state index is 14.2. The van der Waals surface area contributed by atoms with Crippen molar-refractivity contribution in [2.45, 2.75) is 42.7 Å². The van der Waals surface area contributed by atoms with Crippen molar-refractivity contribution >= 4 is 11.5 Å². The second kappa shape index (κ2) is 6.74. The van der Waals surface area contributed by atoms with E-state index in [1.165, 1.54) is 0 Å². The van der Waals surface area contributed by atoms with Crippen molar-refractivity contribution < 1.29 is 75.8 Å². The van der Waals surface area contributed by atoms with E-state index in [0.717, 1.165) is 0 Å². The second-order valence-electron chi connectivity index (χ2n) is 7.31. The summed E-state index contributed by atoms with van der Waals surface area (Å²) in [6.45, 7) is 0. The minimum Gasteiger partial charge on any atom is -0.507 e. The van der Waals surface area contributed by atoms with E-state index in [1.54, 1.807) is 0 Å². The van der Waals surface area contributed by atoms with E-state index in [-0.39, 0.29) is 0 Å². The summed E-state index contributed by atoms with van der Waals surface area (Å²) in [5.41, 5.74) is -13.0. The van der Waals surface area contributed by atoms with Crippen LogP contribution in [0.1, 0.15) is 17.5 Å². The fourth-order valence-corrected chi connectivity index (χ4v) is 3.96. The lowest BCUT2D eigenvalue weighted by molar-refractivity contribution is -0.341. The predicted molar refractivity (Wildman–Crippen MR) is 77.4 cm³/mol. The van der Waals surface area contributed by atoms with Gasteiger partial charge in [-0.25, -0.2) is 17.6 Å². The Hall–Kier alpha value is -2.62. The number of rotatable bonds is 2. The zero-order chi connectivity index (χ0) is 26.6. The quantitative estimate of drug-likeness (QED) is 0.286. The molecule has 1 aromatic rings. The summed E-state index contributed by atoms with van der Waals surface area (Å²) in [6.07, 6.45) is -10.8. The number of aliphatic hydroxyl groups excluding tert-OH is 1. The van der Waals surface area contributed by atoms with Crippen LogP contribution in [0.4, 0.5) is 65.9 Å². The maximum Gasteiger partial charge on any atom is 0.414 e. The van der Waals surface area contributed by atoms with Crippen LogP contribution in [0.2, 0.25) is 0 Å². The largest absolute Gasteiger partial charge is 0.507 e. The third-order valence-corrected chi connectivity index (χ3v) is 5.68. The third kappa shape index (κ3) is 2.44. The number of hydrogen-bond donors (Lipinski definition) is 1. The lowest BCUT2D eigenvalue weighted by Crippen LogP contribution is -2.65. The fourth-order valence-electron chi connectivity index (χ4n) is 3.96. The van der Waals surface area contributed by atoms with Gasteiger partial charge in [-0.2, -0.15) is 48.3 Å². The molecule has 2 nitrogen and oxygen atoms in total. The number of allylic oxidation sites excluding steroid dienone is 1. The van der Waals surface area contributed by atoms with Gasteiger partial charge in [0, 0.05) is 11.1 Å². The van der Waals surface area contributed by atoms with Crippen LogP contribution in [0.5, 0.6) is 0 Å². The van der Waals surface area contributed by atoms with E-state index in [0.29, 0.717) is 0 Å². The molecule has 0 radical (unpaired) electrons. The first-order chi connectivity index (χ1) is 15.1. The highest BCUT2D eigenvalue weighted by Crippen LogP contribution is 2.76. The number of hydrogen-bond acceptors (Lipinski definition) is 2. The number of halogens is 15. The Morgan fingerprint density at radius 1 is 0.676 bits per heavy atom. The molecule has 190 valence electrons. The van der Waals surface area contributed by atoms with Gasteiger partial charge in [-0.15, -0.1) is 0 Å². The van der Waals surface area contributed by atoms with E-state index >= 15 is 0 Å².